The van der Waals surface area contributed by atoms with Crippen LogP contribution in [-0.4, -0.2) is 37.2 Å². The molecule has 0 saturated heterocycles. The number of hydrogen-bond donors (Lipinski definition) is 1. The lowest BCUT2D eigenvalue weighted by Crippen LogP contribution is -2.39. The second-order valence-corrected chi connectivity index (χ2v) is 1.57. The van der Waals surface area contributed by atoms with Crippen LogP contribution in [0.2, 0.25) is 0 Å². The molecule has 0 heterocycles. The summed E-state index contributed by atoms with van der Waals surface area (Å²) in [6.07, 6.45) is 0.0786. The van der Waals surface area contributed by atoms with E-state index in [1.54, 1.807) is 0 Å². The number of imide groups is 1. The van der Waals surface area contributed by atoms with Gasteiger partial charge in [-0.3, -0.25) is 14.5 Å². The zero-order valence-electron chi connectivity index (χ0n) is 5.75. The average molecular weight is 144 g/mol. The Labute approximate surface area is 58.0 Å². The first-order chi connectivity index (χ1) is 4.63. The van der Waals surface area contributed by atoms with Crippen LogP contribution in [0, 0.1) is 0 Å². The van der Waals surface area contributed by atoms with E-state index in [9.17, 15) is 14.4 Å². The maximum absolute atomic E-state index is 10.5. The molecule has 56 valence electrons. The lowest BCUT2D eigenvalue weighted by Gasteiger charge is -2.09. The first-order valence-electron chi connectivity index (χ1n) is 2.58. The van der Waals surface area contributed by atoms with Crippen molar-refractivity contribution in [3.05, 3.63) is 0 Å². The Balaban J connectivity index is 4.06. The molecule has 0 saturated carbocycles. The molecule has 0 atom stereocenters. The molecule has 3 amide bonds. The van der Waals surface area contributed by atoms with Gasteiger partial charge in [-0.15, -0.1) is 0 Å². The monoisotopic (exact) mass is 144 g/mol. The SMILES string of the molecule is CNC(=O)N(C)C(=O)C=O. The van der Waals surface area contributed by atoms with Crippen molar-refractivity contribution in [3.63, 3.8) is 0 Å². The van der Waals surface area contributed by atoms with Gasteiger partial charge in [0.05, 0.1) is 0 Å². The zero-order chi connectivity index (χ0) is 8.15. The molecule has 5 heteroatoms. The number of hydrogen-bond acceptors (Lipinski definition) is 3. The Morgan fingerprint density at radius 1 is 1.50 bits per heavy atom. The lowest BCUT2D eigenvalue weighted by molar-refractivity contribution is -0.135. The van der Waals surface area contributed by atoms with Gasteiger partial charge in [-0.1, -0.05) is 0 Å². The van der Waals surface area contributed by atoms with Gasteiger partial charge in [-0.25, -0.2) is 4.79 Å². The second kappa shape index (κ2) is 3.60. The molecule has 0 bridgehead atoms. The van der Waals surface area contributed by atoms with Crippen molar-refractivity contribution in [2.75, 3.05) is 14.1 Å². The van der Waals surface area contributed by atoms with Crippen molar-refractivity contribution in [3.8, 4) is 0 Å². The van der Waals surface area contributed by atoms with E-state index < -0.39 is 11.9 Å². The van der Waals surface area contributed by atoms with E-state index >= 15 is 0 Å². The van der Waals surface area contributed by atoms with Crippen LogP contribution in [0.5, 0.6) is 0 Å². The van der Waals surface area contributed by atoms with Crippen molar-refractivity contribution in [1.82, 2.24) is 10.2 Å². The molecular weight excluding hydrogens is 136 g/mol. The molecule has 10 heavy (non-hydrogen) atoms. The van der Waals surface area contributed by atoms with Gasteiger partial charge in [0, 0.05) is 14.1 Å². The Hall–Kier alpha value is -1.39. The van der Waals surface area contributed by atoms with Gasteiger partial charge in [0.1, 0.15) is 0 Å². The molecule has 0 fully saturated rings. The summed E-state index contributed by atoms with van der Waals surface area (Å²) in [7, 11) is 2.59. The lowest BCUT2D eigenvalue weighted by atomic mass is 10.6. The van der Waals surface area contributed by atoms with Crippen LogP contribution in [0.15, 0.2) is 0 Å². The molecule has 0 aliphatic rings. The summed E-state index contributed by atoms with van der Waals surface area (Å²) in [5.41, 5.74) is 0. The highest BCUT2D eigenvalue weighted by Crippen LogP contribution is 1.80. The van der Waals surface area contributed by atoms with Crippen LogP contribution in [0.3, 0.4) is 0 Å². The van der Waals surface area contributed by atoms with E-state index in [1.807, 2.05) is 0 Å². The summed E-state index contributed by atoms with van der Waals surface area (Å²) in [6.45, 7) is 0. The quantitative estimate of drug-likeness (QED) is 0.378. The number of carbonyl (C=O) groups is 3. The Morgan fingerprint density at radius 2 is 2.00 bits per heavy atom. The van der Waals surface area contributed by atoms with E-state index in [4.69, 9.17) is 0 Å². The fourth-order valence-corrected chi connectivity index (χ4v) is 0.347. The fraction of sp³-hybridized carbons (Fsp3) is 0.400. The first-order valence-corrected chi connectivity index (χ1v) is 2.58. The number of nitrogens with one attached hydrogen (secondary N) is 1. The van der Waals surface area contributed by atoms with Crippen LogP contribution in [-0.2, 0) is 9.59 Å². The Kier molecular flexibility index (Phi) is 3.10. The number of carbonyl (C=O) groups excluding carboxylic acids is 3. The number of nitrogens with zero attached hydrogens (tertiary/aromatic N) is 1. The smallest absolute Gasteiger partial charge is 0.323 e. The average Bonchev–Trinajstić information content (AvgIpc) is 2.00. The summed E-state index contributed by atoms with van der Waals surface area (Å²) in [6, 6.07) is -0.600. The fourth-order valence-electron chi connectivity index (χ4n) is 0.347. The standard InChI is InChI=1S/C5H8N2O3/c1-6-5(10)7(2)4(9)3-8/h3H,1-2H3,(H,6,10). The molecule has 5 nitrogen and oxygen atoms in total. The molecule has 0 aromatic rings. The molecule has 0 aromatic carbocycles. The molecule has 0 aliphatic heterocycles. The van der Waals surface area contributed by atoms with E-state index in [0.29, 0.717) is 4.90 Å². The summed E-state index contributed by atoms with van der Waals surface area (Å²) in [4.78, 5) is 31.4. The summed E-state index contributed by atoms with van der Waals surface area (Å²) >= 11 is 0. The molecule has 0 rings (SSSR count). The van der Waals surface area contributed by atoms with Crippen molar-refractivity contribution in [2.24, 2.45) is 0 Å². The molecule has 0 aromatic heterocycles. The second-order valence-electron chi connectivity index (χ2n) is 1.57. The first kappa shape index (κ1) is 8.61. The molecular formula is C5H8N2O3. The van der Waals surface area contributed by atoms with Gasteiger partial charge >= 0.3 is 6.03 Å². The molecule has 0 spiro atoms. The van der Waals surface area contributed by atoms with Crippen LogP contribution >= 0.6 is 0 Å². The van der Waals surface area contributed by atoms with Gasteiger partial charge in [0.2, 0.25) is 6.29 Å². The van der Waals surface area contributed by atoms with Crippen LogP contribution in [0.25, 0.3) is 0 Å². The minimum Gasteiger partial charge on any atom is -0.341 e. The van der Waals surface area contributed by atoms with E-state index in [2.05, 4.69) is 5.32 Å². The number of aldehydes is 1. The third kappa shape index (κ3) is 1.85. The minimum absolute atomic E-state index is 0.0786. The maximum Gasteiger partial charge on any atom is 0.323 e. The van der Waals surface area contributed by atoms with Crippen molar-refractivity contribution in [2.45, 2.75) is 0 Å². The summed E-state index contributed by atoms with van der Waals surface area (Å²) in [5, 5.41) is 2.19. The van der Waals surface area contributed by atoms with Crippen molar-refractivity contribution >= 4 is 18.2 Å². The van der Waals surface area contributed by atoms with Gasteiger partial charge in [-0.2, -0.15) is 0 Å². The normalized spacial score (nSPS) is 8.20. The Bertz CT molecular complexity index is 166. The Morgan fingerprint density at radius 3 is 2.30 bits per heavy atom. The number of urea groups is 1. The molecule has 0 aliphatic carbocycles. The number of rotatable bonds is 1. The predicted octanol–water partition coefficient (Wildman–Crippen LogP) is -1.02. The van der Waals surface area contributed by atoms with Gasteiger partial charge in [0.25, 0.3) is 5.91 Å². The number of likely N-dealkylation sites (N-methyl/N-ethyl adjacent to an activating group) is 1. The topological polar surface area (TPSA) is 66.5 Å². The summed E-state index contributed by atoms with van der Waals surface area (Å²) < 4.78 is 0. The van der Waals surface area contributed by atoms with Gasteiger partial charge < -0.3 is 5.32 Å². The highest BCUT2D eigenvalue weighted by atomic mass is 16.2. The maximum atomic E-state index is 10.5. The van der Waals surface area contributed by atoms with Gasteiger partial charge in [-0.05, 0) is 0 Å². The third-order valence-electron chi connectivity index (χ3n) is 0.950. The molecule has 1 N–H and O–H groups in total. The van der Waals surface area contributed by atoms with E-state index in [-0.39, 0.29) is 6.29 Å². The minimum atomic E-state index is -0.862. The molecule has 0 radical (unpaired) electrons. The van der Waals surface area contributed by atoms with Crippen LogP contribution in [0.4, 0.5) is 4.79 Å². The third-order valence-corrected chi connectivity index (χ3v) is 0.950. The molecule has 0 unspecified atom stereocenters. The predicted molar refractivity (Wildman–Crippen MR) is 33.3 cm³/mol. The summed E-state index contributed by atoms with van der Waals surface area (Å²) in [5.74, 6) is -0.862. The highest BCUT2D eigenvalue weighted by molar-refractivity contribution is 6.27. The number of amides is 3. The van der Waals surface area contributed by atoms with Crippen LogP contribution in [0.1, 0.15) is 0 Å². The van der Waals surface area contributed by atoms with E-state index in [1.165, 1.54) is 14.1 Å². The van der Waals surface area contributed by atoms with Crippen molar-refractivity contribution in [1.29, 1.82) is 0 Å². The zero-order valence-corrected chi connectivity index (χ0v) is 5.75. The van der Waals surface area contributed by atoms with Crippen molar-refractivity contribution < 1.29 is 14.4 Å². The van der Waals surface area contributed by atoms with E-state index in [0.717, 1.165) is 0 Å². The van der Waals surface area contributed by atoms with Crippen LogP contribution < -0.4 is 5.32 Å². The highest BCUT2D eigenvalue weighted by Gasteiger charge is 2.12. The van der Waals surface area contributed by atoms with Gasteiger partial charge in [0.15, 0.2) is 0 Å². The largest absolute Gasteiger partial charge is 0.341 e.